The van der Waals surface area contributed by atoms with Gasteiger partial charge >= 0.3 is 0 Å². The Balaban J connectivity index is 1.17. The molecule has 3 heterocycles. The van der Waals surface area contributed by atoms with Gasteiger partial charge in [0.25, 0.3) is 0 Å². The summed E-state index contributed by atoms with van der Waals surface area (Å²) < 4.78 is 19.8. The Kier molecular flexibility index (Phi) is 6.67. The number of aliphatic hydroxyl groups is 1. The molecule has 1 saturated heterocycles. The van der Waals surface area contributed by atoms with Crippen LogP contribution in [-0.4, -0.2) is 59.4 Å². The molecule has 4 aromatic rings. The van der Waals surface area contributed by atoms with Gasteiger partial charge in [-0.15, -0.1) is 0 Å². The van der Waals surface area contributed by atoms with Crippen molar-refractivity contribution in [3.05, 3.63) is 77.7 Å². The normalized spacial score (nSPS) is 18.7. The number of hydrogen-bond donors (Lipinski definition) is 2. The van der Waals surface area contributed by atoms with Gasteiger partial charge in [-0.2, -0.15) is 0 Å². The summed E-state index contributed by atoms with van der Waals surface area (Å²) in [5.41, 5.74) is 2.95. The van der Waals surface area contributed by atoms with Gasteiger partial charge in [0.2, 0.25) is 5.88 Å². The number of fused-ring (bicyclic) bond motifs is 2. The molecule has 2 N–H and O–H groups in total. The molecule has 2 aromatic carbocycles. The number of hydrogen-bond acceptors (Lipinski definition) is 6. The second-order valence-electron chi connectivity index (χ2n) is 8.96. The fourth-order valence-corrected chi connectivity index (χ4v) is 4.77. The van der Waals surface area contributed by atoms with Crippen LogP contribution in [0.5, 0.6) is 5.88 Å². The summed E-state index contributed by atoms with van der Waals surface area (Å²) in [6.07, 6.45) is 1.35. The Morgan fingerprint density at radius 3 is 2.82 bits per heavy atom. The second kappa shape index (κ2) is 10.0. The van der Waals surface area contributed by atoms with E-state index in [0.29, 0.717) is 42.0 Å². The maximum Gasteiger partial charge on any atom is 0.213 e. The highest BCUT2D eigenvalue weighted by molar-refractivity contribution is 5.83. The summed E-state index contributed by atoms with van der Waals surface area (Å²) in [6, 6.07) is 18.3. The van der Waals surface area contributed by atoms with E-state index >= 15 is 0 Å². The van der Waals surface area contributed by atoms with E-state index in [4.69, 9.17) is 4.74 Å². The zero-order chi connectivity index (χ0) is 23.5. The average molecular weight is 461 g/mol. The molecule has 0 bridgehead atoms. The molecule has 5 rings (SSSR count). The first kappa shape index (κ1) is 22.7. The van der Waals surface area contributed by atoms with Gasteiger partial charge in [0, 0.05) is 50.3 Å². The van der Waals surface area contributed by atoms with Crippen molar-refractivity contribution in [3.8, 4) is 5.88 Å². The number of likely N-dealkylation sites (tertiary alicyclic amines) is 1. The number of nitrogens with zero attached hydrogens (tertiary/aromatic N) is 3. The molecular weight excluding hydrogens is 431 g/mol. The van der Waals surface area contributed by atoms with Gasteiger partial charge < -0.3 is 20.1 Å². The minimum Gasteiger partial charge on any atom is -0.481 e. The first-order chi connectivity index (χ1) is 16.6. The summed E-state index contributed by atoms with van der Waals surface area (Å²) in [5, 5.41) is 16.6. The largest absolute Gasteiger partial charge is 0.481 e. The highest BCUT2D eigenvalue weighted by Gasteiger charge is 2.30. The number of β-amino-alcohol motifs (C(OH)–C–C–N with tert-alkyl or cyclic N) is 1. The molecule has 1 fully saturated rings. The zero-order valence-electron chi connectivity index (χ0n) is 19.2. The molecule has 0 aliphatic carbocycles. The van der Waals surface area contributed by atoms with Crippen molar-refractivity contribution in [3.63, 3.8) is 0 Å². The van der Waals surface area contributed by atoms with Crippen LogP contribution >= 0.6 is 0 Å². The Morgan fingerprint density at radius 2 is 1.97 bits per heavy atom. The number of aromatic nitrogens is 2. The zero-order valence-corrected chi connectivity index (χ0v) is 19.2. The number of halogens is 1. The van der Waals surface area contributed by atoms with E-state index in [-0.39, 0.29) is 11.7 Å². The molecule has 0 unspecified atom stereocenters. The van der Waals surface area contributed by atoms with Crippen molar-refractivity contribution < 1.29 is 14.2 Å². The first-order valence-electron chi connectivity index (χ1n) is 11.7. The summed E-state index contributed by atoms with van der Waals surface area (Å²) in [6.45, 7) is 3.50. The molecular formula is C27H29FN4O2. The number of nitrogens with one attached hydrogen (secondary N) is 1. The van der Waals surface area contributed by atoms with Gasteiger partial charge in [-0.05, 0) is 34.9 Å². The van der Waals surface area contributed by atoms with Crippen molar-refractivity contribution in [2.45, 2.75) is 19.1 Å². The number of pyridine rings is 2. The van der Waals surface area contributed by atoms with E-state index < -0.39 is 6.10 Å². The van der Waals surface area contributed by atoms with Gasteiger partial charge in [0.05, 0.1) is 30.4 Å². The minimum atomic E-state index is -0.402. The lowest BCUT2D eigenvalue weighted by molar-refractivity contribution is 0.140. The summed E-state index contributed by atoms with van der Waals surface area (Å²) >= 11 is 0. The van der Waals surface area contributed by atoms with Crippen LogP contribution in [0, 0.1) is 11.7 Å². The quantitative estimate of drug-likeness (QED) is 0.419. The topological polar surface area (TPSA) is 70.5 Å². The standard InChI is InChI=1S/C27H29FN4O2/c1-34-26-9-8-24-27(31-26)22(23(28)15-30-24)10-11-32-16-21(25(33)17-32)14-29-13-18-6-7-19-4-2-3-5-20(19)12-18/h2-9,12,15,21,25,29,33H,10-11,13-14,16-17H2,1H3/t21-,25+/m0/s1. The molecule has 0 saturated carbocycles. The Morgan fingerprint density at radius 1 is 1.12 bits per heavy atom. The minimum absolute atomic E-state index is 0.137. The van der Waals surface area contributed by atoms with E-state index in [9.17, 15) is 9.50 Å². The summed E-state index contributed by atoms with van der Waals surface area (Å²) in [5.74, 6) is 0.217. The Bertz CT molecular complexity index is 1300. The molecule has 1 aliphatic rings. The molecule has 6 nitrogen and oxygen atoms in total. The predicted octanol–water partition coefficient (Wildman–Crippen LogP) is 3.56. The Labute approximate surface area is 198 Å². The summed E-state index contributed by atoms with van der Waals surface area (Å²) in [7, 11) is 1.54. The van der Waals surface area contributed by atoms with Crippen LogP contribution in [0.2, 0.25) is 0 Å². The highest BCUT2D eigenvalue weighted by Crippen LogP contribution is 2.23. The van der Waals surface area contributed by atoms with Crippen LogP contribution in [0.1, 0.15) is 11.1 Å². The van der Waals surface area contributed by atoms with Crippen molar-refractivity contribution in [1.29, 1.82) is 0 Å². The number of methoxy groups -OCH3 is 1. The van der Waals surface area contributed by atoms with Crippen molar-refractivity contribution in [1.82, 2.24) is 20.2 Å². The van der Waals surface area contributed by atoms with E-state index in [0.717, 1.165) is 19.6 Å². The lowest BCUT2D eigenvalue weighted by Gasteiger charge is -2.17. The number of ether oxygens (including phenoxy) is 1. The lowest BCUT2D eigenvalue weighted by atomic mass is 10.1. The van der Waals surface area contributed by atoms with Crippen LogP contribution in [0.3, 0.4) is 0 Å². The van der Waals surface area contributed by atoms with Crippen LogP contribution in [-0.2, 0) is 13.0 Å². The third kappa shape index (κ3) is 4.87. The first-order valence-corrected chi connectivity index (χ1v) is 11.7. The molecule has 0 amide bonds. The summed E-state index contributed by atoms with van der Waals surface area (Å²) in [4.78, 5) is 10.7. The van der Waals surface area contributed by atoms with Gasteiger partial charge in [-0.3, -0.25) is 4.98 Å². The molecule has 2 aromatic heterocycles. The third-order valence-electron chi connectivity index (χ3n) is 6.66. The van der Waals surface area contributed by atoms with Crippen LogP contribution in [0.4, 0.5) is 4.39 Å². The molecule has 1 aliphatic heterocycles. The number of aliphatic hydroxyl groups excluding tert-OH is 1. The number of rotatable bonds is 8. The van der Waals surface area contributed by atoms with Crippen molar-refractivity contribution in [2.24, 2.45) is 5.92 Å². The SMILES string of the molecule is COc1ccc2ncc(F)c(CCN3C[C@H](CNCc4ccc5ccccc5c4)[C@H](O)C3)c2n1. The monoisotopic (exact) mass is 460 g/mol. The van der Waals surface area contributed by atoms with Crippen LogP contribution < -0.4 is 10.1 Å². The molecule has 0 spiro atoms. The highest BCUT2D eigenvalue weighted by atomic mass is 19.1. The van der Waals surface area contributed by atoms with Crippen LogP contribution in [0.25, 0.3) is 21.8 Å². The van der Waals surface area contributed by atoms with Crippen molar-refractivity contribution >= 4 is 21.8 Å². The average Bonchev–Trinajstić information content (AvgIpc) is 3.22. The van der Waals surface area contributed by atoms with E-state index in [1.54, 1.807) is 19.2 Å². The van der Waals surface area contributed by atoms with Gasteiger partial charge in [-0.1, -0.05) is 36.4 Å². The lowest BCUT2D eigenvalue weighted by Crippen LogP contribution is -2.30. The van der Waals surface area contributed by atoms with E-state index in [1.807, 2.05) is 6.07 Å². The second-order valence-corrected chi connectivity index (χ2v) is 8.96. The maximum absolute atomic E-state index is 14.6. The van der Waals surface area contributed by atoms with Crippen LogP contribution in [0.15, 0.2) is 60.8 Å². The fraction of sp³-hybridized carbons (Fsp3) is 0.333. The predicted molar refractivity (Wildman–Crippen MR) is 131 cm³/mol. The Hall–Kier alpha value is -3.13. The molecule has 176 valence electrons. The molecule has 2 atom stereocenters. The van der Waals surface area contributed by atoms with Gasteiger partial charge in [0.1, 0.15) is 5.82 Å². The fourth-order valence-electron chi connectivity index (χ4n) is 4.77. The van der Waals surface area contributed by atoms with E-state index in [2.05, 4.69) is 56.6 Å². The van der Waals surface area contributed by atoms with Crippen molar-refractivity contribution in [2.75, 3.05) is 33.3 Å². The molecule has 7 heteroatoms. The molecule has 34 heavy (non-hydrogen) atoms. The smallest absolute Gasteiger partial charge is 0.213 e. The molecule has 0 radical (unpaired) electrons. The third-order valence-corrected chi connectivity index (χ3v) is 6.66. The number of benzene rings is 2. The van der Waals surface area contributed by atoms with E-state index in [1.165, 1.54) is 22.5 Å². The van der Waals surface area contributed by atoms with Gasteiger partial charge in [-0.25, -0.2) is 9.37 Å². The van der Waals surface area contributed by atoms with Gasteiger partial charge in [0.15, 0.2) is 0 Å². The maximum atomic E-state index is 14.6.